The van der Waals surface area contributed by atoms with Gasteiger partial charge in [-0.15, -0.1) is 11.6 Å². The summed E-state index contributed by atoms with van der Waals surface area (Å²) in [4.78, 5) is 17.0. The van der Waals surface area contributed by atoms with Gasteiger partial charge in [-0.3, -0.25) is 4.52 Å². The summed E-state index contributed by atoms with van der Waals surface area (Å²) in [6.45, 7) is -0.234. The summed E-state index contributed by atoms with van der Waals surface area (Å²) in [6, 6.07) is 19.1. The van der Waals surface area contributed by atoms with Gasteiger partial charge in [0, 0.05) is 0 Å². The van der Waals surface area contributed by atoms with Crippen LogP contribution >= 0.6 is 19.4 Å². The van der Waals surface area contributed by atoms with Crippen molar-refractivity contribution in [3.63, 3.8) is 0 Å². The van der Waals surface area contributed by atoms with Crippen LogP contribution < -0.4 is 0 Å². The summed E-state index contributed by atoms with van der Waals surface area (Å²) in [6.07, 6.45) is 0.897. The molecule has 2 aromatic rings. The molecule has 0 amide bonds. The predicted octanol–water partition coefficient (Wildman–Crippen LogP) is 3.56. The molecule has 0 atom stereocenters. The molecule has 6 heteroatoms. The average molecular weight is 341 g/mol. The summed E-state index contributed by atoms with van der Waals surface area (Å²) in [5.41, 5.74) is 1.98. The molecule has 0 heterocycles. The molecule has 0 saturated carbocycles. The van der Waals surface area contributed by atoms with Gasteiger partial charge in [0.2, 0.25) is 0 Å². The average Bonchev–Trinajstić information content (AvgIpc) is 2.47. The first kappa shape index (κ1) is 17.2. The molecule has 2 N–H and O–H groups in total. The van der Waals surface area contributed by atoms with Crippen molar-refractivity contribution in [3.8, 4) is 0 Å². The molecule has 2 rings (SSSR count). The maximum atomic E-state index is 11.0. The number of halogens is 1. The first-order chi connectivity index (χ1) is 10.4. The minimum Gasteiger partial charge on any atom is -0.303 e. The molecule has 0 radical (unpaired) electrons. The van der Waals surface area contributed by atoms with Crippen molar-refractivity contribution >= 4 is 19.4 Å². The van der Waals surface area contributed by atoms with E-state index in [1.165, 1.54) is 0 Å². The predicted molar refractivity (Wildman–Crippen MR) is 86.9 cm³/mol. The minimum atomic E-state index is -4.56. The molecule has 118 valence electrons. The maximum absolute atomic E-state index is 11.0. The molecule has 0 fully saturated rings. The molecule has 0 aliphatic rings. The Hall–Kier alpha value is -1.16. The van der Waals surface area contributed by atoms with Crippen LogP contribution in [0.3, 0.4) is 0 Å². The van der Waals surface area contributed by atoms with Gasteiger partial charge in [0.1, 0.15) is 0 Å². The Kier molecular flexibility index (Phi) is 5.79. The molecule has 22 heavy (non-hydrogen) atoms. The lowest BCUT2D eigenvalue weighted by molar-refractivity contribution is 0.175. The standard InChI is InChI=1S/C16H18ClO4P/c17-16(13-21-22(18,19)20,11-14-7-3-1-4-8-14)12-15-9-5-2-6-10-15/h1-10H,11-13H2,(H2,18,19,20). The summed E-state index contributed by atoms with van der Waals surface area (Å²) >= 11 is 6.65. The Morgan fingerprint density at radius 1 is 0.909 bits per heavy atom. The van der Waals surface area contributed by atoms with Crippen molar-refractivity contribution in [2.24, 2.45) is 0 Å². The normalized spacial score (nSPS) is 12.3. The molecule has 4 nitrogen and oxygen atoms in total. The molecule has 0 aliphatic heterocycles. The van der Waals surface area contributed by atoms with E-state index in [0.717, 1.165) is 11.1 Å². The second kappa shape index (κ2) is 7.40. The van der Waals surface area contributed by atoms with Gasteiger partial charge in [0.05, 0.1) is 11.5 Å². The first-order valence-electron chi connectivity index (χ1n) is 6.83. The molecule has 0 aliphatic carbocycles. The largest absolute Gasteiger partial charge is 0.469 e. The van der Waals surface area contributed by atoms with Gasteiger partial charge in [-0.1, -0.05) is 60.7 Å². The third-order valence-corrected chi connectivity index (χ3v) is 4.06. The fraction of sp³-hybridized carbons (Fsp3) is 0.250. The topological polar surface area (TPSA) is 66.8 Å². The van der Waals surface area contributed by atoms with Gasteiger partial charge >= 0.3 is 7.82 Å². The van der Waals surface area contributed by atoms with Crippen molar-refractivity contribution in [2.75, 3.05) is 6.61 Å². The molecule has 0 saturated heterocycles. The summed E-state index contributed by atoms with van der Waals surface area (Å²) in [5, 5.41) is 0. The number of hydrogen-bond acceptors (Lipinski definition) is 2. The zero-order chi connectivity index (χ0) is 16.1. The molecule has 2 aromatic carbocycles. The Balaban J connectivity index is 2.17. The van der Waals surface area contributed by atoms with Crippen LogP contribution in [0.15, 0.2) is 60.7 Å². The van der Waals surface area contributed by atoms with Gasteiger partial charge < -0.3 is 9.79 Å². The summed E-state index contributed by atoms with van der Waals surface area (Å²) < 4.78 is 15.7. The van der Waals surface area contributed by atoms with E-state index in [1.807, 2.05) is 60.7 Å². The van der Waals surface area contributed by atoms with Crippen molar-refractivity contribution < 1.29 is 18.9 Å². The fourth-order valence-corrected chi connectivity index (χ4v) is 3.14. The second-order valence-electron chi connectivity index (χ2n) is 5.24. The lowest BCUT2D eigenvalue weighted by Crippen LogP contribution is -2.33. The van der Waals surface area contributed by atoms with E-state index < -0.39 is 12.7 Å². The van der Waals surface area contributed by atoms with E-state index in [4.69, 9.17) is 21.4 Å². The number of rotatable bonds is 7. The molecule has 0 unspecified atom stereocenters. The van der Waals surface area contributed by atoms with Crippen LogP contribution in [-0.2, 0) is 21.9 Å². The monoisotopic (exact) mass is 340 g/mol. The number of phosphoric ester groups is 1. The van der Waals surface area contributed by atoms with Crippen LogP contribution in [0.5, 0.6) is 0 Å². The highest BCUT2D eigenvalue weighted by Gasteiger charge is 2.32. The quantitative estimate of drug-likeness (QED) is 0.597. The van der Waals surface area contributed by atoms with Crippen LogP contribution in [-0.4, -0.2) is 21.3 Å². The highest BCUT2D eigenvalue weighted by molar-refractivity contribution is 7.46. The zero-order valence-corrected chi connectivity index (χ0v) is 13.6. The van der Waals surface area contributed by atoms with Crippen LogP contribution in [0.4, 0.5) is 0 Å². The smallest absolute Gasteiger partial charge is 0.303 e. The SMILES string of the molecule is O=P(O)(O)OCC(Cl)(Cc1ccccc1)Cc1ccccc1. The van der Waals surface area contributed by atoms with Crippen LogP contribution in [0, 0.1) is 0 Å². The van der Waals surface area contributed by atoms with Crippen LogP contribution in [0.25, 0.3) is 0 Å². The number of phosphoric acid groups is 1. The Morgan fingerprint density at radius 2 is 1.32 bits per heavy atom. The van der Waals surface area contributed by atoms with Gasteiger partial charge in [-0.05, 0) is 24.0 Å². The van der Waals surface area contributed by atoms with E-state index in [0.29, 0.717) is 12.8 Å². The highest BCUT2D eigenvalue weighted by atomic mass is 35.5. The number of benzene rings is 2. The van der Waals surface area contributed by atoms with Gasteiger partial charge in [-0.2, -0.15) is 0 Å². The van der Waals surface area contributed by atoms with Crippen LogP contribution in [0.2, 0.25) is 0 Å². The third kappa shape index (κ3) is 5.91. The maximum Gasteiger partial charge on any atom is 0.469 e. The fourth-order valence-electron chi connectivity index (χ4n) is 2.29. The first-order valence-corrected chi connectivity index (χ1v) is 8.74. The highest BCUT2D eigenvalue weighted by Crippen LogP contribution is 2.39. The van der Waals surface area contributed by atoms with E-state index in [9.17, 15) is 4.57 Å². The van der Waals surface area contributed by atoms with Gasteiger partial charge in [0.25, 0.3) is 0 Å². The zero-order valence-electron chi connectivity index (χ0n) is 11.9. The van der Waals surface area contributed by atoms with Crippen molar-refractivity contribution in [1.29, 1.82) is 0 Å². The Labute approximate surface area is 135 Å². The molecule has 0 aromatic heterocycles. The molecule has 0 bridgehead atoms. The summed E-state index contributed by atoms with van der Waals surface area (Å²) in [5.74, 6) is 0. The molecular formula is C16H18ClO4P. The number of hydrogen-bond donors (Lipinski definition) is 2. The van der Waals surface area contributed by atoms with Crippen molar-refractivity contribution in [3.05, 3.63) is 71.8 Å². The minimum absolute atomic E-state index is 0.234. The van der Waals surface area contributed by atoms with E-state index in [2.05, 4.69) is 4.52 Å². The van der Waals surface area contributed by atoms with Gasteiger partial charge in [0.15, 0.2) is 0 Å². The second-order valence-corrected chi connectivity index (χ2v) is 7.28. The van der Waals surface area contributed by atoms with E-state index >= 15 is 0 Å². The van der Waals surface area contributed by atoms with Crippen molar-refractivity contribution in [2.45, 2.75) is 17.7 Å². The van der Waals surface area contributed by atoms with E-state index in [-0.39, 0.29) is 6.61 Å². The third-order valence-electron chi connectivity index (χ3n) is 3.22. The Morgan fingerprint density at radius 3 is 1.68 bits per heavy atom. The van der Waals surface area contributed by atoms with Crippen molar-refractivity contribution in [1.82, 2.24) is 0 Å². The molecular weight excluding hydrogens is 323 g/mol. The van der Waals surface area contributed by atoms with E-state index in [1.54, 1.807) is 0 Å². The lowest BCUT2D eigenvalue weighted by atomic mass is 9.92. The lowest BCUT2D eigenvalue weighted by Gasteiger charge is -2.27. The van der Waals surface area contributed by atoms with Crippen LogP contribution in [0.1, 0.15) is 11.1 Å². The number of alkyl halides is 1. The Bertz CT molecular complexity index is 586. The molecule has 0 spiro atoms. The summed E-state index contributed by atoms with van der Waals surface area (Å²) in [7, 11) is -4.56. The van der Waals surface area contributed by atoms with Gasteiger partial charge in [-0.25, -0.2) is 4.57 Å².